The van der Waals surface area contributed by atoms with E-state index >= 15 is 0 Å². The van der Waals surface area contributed by atoms with Crippen molar-refractivity contribution in [2.45, 2.75) is 40.0 Å². The summed E-state index contributed by atoms with van der Waals surface area (Å²) in [6, 6.07) is 4.33. The molecule has 7 heteroatoms. The maximum Gasteiger partial charge on any atom is 0.537 e. The standard InChI is InChI=1S/C15H23I3O3Si/c1-4-7-19-22(20-8-5-2,21-9-6-3)12-10-13(16)15(18)14(17)11-12/h10-11H,4-9H2,1-3H3. The monoisotopic (exact) mass is 660 g/mol. The summed E-state index contributed by atoms with van der Waals surface area (Å²) in [4.78, 5) is 0. The van der Waals surface area contributed by atoms with Crippen LogP contribution in [0.25, 0.3) is 0 Å². The van der Waals surface area contributed by atoms with Crippen molar-refractivity contribution in [2.75, 3.05) is 19.8 Å². The number of benzene rings is 1. The summed E-state index contributed by atoms with van der Waals surface area (Å²) in [6.45, 7) is 8.33. The van der Waals surface area contributed by atoms with Crippen LogP contribution >= 0.6 is 67.8 Å². The molecule has 0 fully saturated rings. The van der Waals surface area contributed by atoms with Gasteiger partial charge in [0.1, 0.15) is 0 Å². The minimum atomic E-state index is -2.83. The van der Waals surface area contributed by atoms with E-state index in [0.717, 1.165) is 24.4 Å². The van der Waals surface area contributed by atoms with E-state index < -0.39 is 8.80 Å². The summed E-state index contributed by atoms with van der Waals surface area (Å²) >= 11 is 7.12. The molecule has 0 heterocycles. The summed E-state index contributed by atoms with van der Waals surface area (Å²) in [5.74, 6) is 0. The molecule has 0 amide bonds. The quantitative estimate of drug-likeness (QED) is 0.203. The maximum absolute atomic E-state index is 6.20. The van der Waals surface area contributed by atoms with E-state index in [1.54, 1.807) is 0 Å². The van der Waals surface area contributed by atoms with E-state index in [0.29, 0.717) is 19.8 Å². The van der Waals surface area contributed by atoms with Gasteiger partial charge >= 0.3 is 8.80 Å². The van der Waals surface area contributed by atoms with E-state index in [1.165, 1.54) is 10.7 Å². The average Bonchev–Trinajstić information content (AvgIpc) is 2.52. The number of halogens is 3. The van der Waals surface area contributed by atoms with Crippen LogP contribution in [0, 0.1) is 10.7 Å². The average molecular weight is 660 g/mol. The summed E-state index contributed by atoms with van der Waals surface area (Å²) < 4.78 is 22.3. The Labute approximate surface area is 176 Å². The lowest BCUT2D eigenvalue weighted by atomic mass is 10.4. The fourth-order valence-electron chi connectivity index (χ4n) is 1.82. The minimum Gasteiger partial charge on any atom is -0.370 e. The Morgan fingerprint density at radius 1 is 0.773 bits per heavy atom. The third-order valence-corrected chi connectivity index (χ3v) is 10.5. The SMILES string of the molecule is CCCO[Si](OCCC)(OCCC)c1cc(I)c(I)c(I)c1. The van der Waals surface area contributed by atoms with Crippen LogP contribution in [-0.4, -0.2) is 28.6 Å². The molecule has 0 aromatic heterocycles. The molecule has 3 nitrogen and oxygen atoms in total. The minimum absolute atomic E-state index is 0.665. The van der Waals surface area contributed by atoms with Crippen molar-refractivity contribution in [2.24, 2.45) is 0 Å². The van der Waals surface area contributed by atoms with Crippen molar-refractivity contribution >= 4 is 81.8 Å². The Bertz CT molecular complexity index is 427. The third kappa shape index (κ3) is 6.10. The molecule has 0 saturated carbocycles. The lowest BCUT2D eigenvalue weighted by Gasteiger charge is -2.30. The number of rotatable bonds is 10. The zero-order chi connectivity index (χ0) is 16.6. The van der Waals surface area contributed by atoms with E-state index in [9.17, 15) is 0 Å². The maximum atomic E-state index is 6.20. The first-order valence-corrected chi connectivity index (χ1v) is 12.5. The topological polar surface area (TPSA) is 27.7 Å². The Hall–Kier alpha value is 1.51. The lowest BCUT2D eigenvalue weighted by Crippen LogP contribution is -2.57. The normalized spacial score (nSPS) is 11.9. The lowest BCUT2D eigenvalue weighted by molar-refractivity contribution is 0.0731. The second-order valence-corrected chi connectivity index (χ2v) is 10.8. The van der Waals surface area contributed by atoms with Gasteiger partial charge in [0.2, 0.25) is 0 Å². The predicted octanol–water partition coefficient (Wildman–Crippen LogP) is 4.93. The highest BCUT2D eigenvalue weighted by atomic mass is 127. The van der Waals surface area contributed by atoms with Gasteiger partial charge in [-0.2, -0.15) is 0 Å². The second-order valence-electron chi connectivity index (χ2n) is 4.86. The van der Waals surface area contributed by atoms with Crippen molar-refractivity contribution < 1.29 is 13.3 Å². The van der Waals surface area contributed by atoms with Gasteiger partial charge in [-0.05, 0) is 99.2 Å². The van der Waals surface area contributed by atoms with Gasteiger partial charge in [0, 0.05) is 35.7 Å². The predicted molar refractivity (Wildman–Crippen MR) is 119 cm³/mol. The molecule has 0 aliphatic carbocycles. The Kier molecular flexibility index (Phi) is 11.0. The molecule has 0 spiro atoms. The van der Waals surface area contributed by atoms with Gasteiger partial charge in [0.05, 0.1) is 0 Å². The first-order valence-electron chi connectivity index (χ1n) is 7.57. The molecular formula is C15H23I3O3Si. The fraction of sp³-hybridized carbons (Fsp3) is 0.600. The van der Waals surface area contributed by atoms with Crippen LogP contribution in [0.15, 0.2) is 12.1 Å². The molecule has 0 aliphatic rings. The summed E-state index contributed by atoms with van der Waals surface area (Å²) in [5, 5.41) is 1.08. The molecule has 1 rings (SSSR count). The highest BCUT2D eigenvalue weighted by molar-refractivity contribution is 14.1. The van der Waals surface area contributed by atoms with Gasteiger partial charge in [-0.15, -0.1) is 0 Å². The van der Waals surface area contributed by atoms with Crippen molar-refractivity contribution in [1.29, 1.82) is 0 Å². The molecule has 1 aromatic rings. The highest BCUT2D eigenvalue weighted by Crippen LogP contribution is 2.23. The van der Waals surface area contributed by atoms with E-state index in [1.807, 2.05) is 0 Å². The largest absolute Gasteiger partial charge is 0.537 e. The zero-order valence-corrected chi connectivity index (χ0v) is 20.7. The van der Waals surface area contributed by atoms with Crippen LogP contribution in [0.5, 0.6) is 0 Å². The van der Waals surface area contributed by atoms with Crippen molar-refractivity contribution in [1.82, 2.24) is 0 Å². The highest BCUT2D eigenvalue weighted by Gasteiger charge is 2.44. The fourth-order valence-corrected chi connectivity index (χ4v) is 7.29. The third-order valence-electron chi connectivity index (χ3n) is 2.83. The van der Waals surface area contributed by atoms with Crippen LogP contribution in [0.3, 0.4) is 0 Å². The number of hydrogen-bond acceptors (Lipinski definition) is 3. The van der Waals surface area contributed by atoms with Crippen LogP contribution in [-0.2, 0) is 13.3 Å². The van der Waals surface area contributed by atoms with Gasteiger partial charge in [0.25, 0.3) is 0 Å². The van der Waals surface area contributed by atoms with Crippen molar-refractivity contribution in [3.8, 4) is 0 Å². The van der Waals surface area contributed by atoms with Crippen LogP contribution in [0.1, 0.15) is 40.0 Å². The summed E-state index contributed by atoms with van der Waals surface area (Å²) in [5.41, 5.74) is 0. The number of hydrogen-bond donors (Lipinski definition) is 0. The molecular weight excluding hydrogens is 637 g/mol. The molecule has 0 atom stereocenters. The molecule has 0 aliphatic heterocycles. The zero-order valence-electron chi connectivity index (χ0n) is 13.3. The second kappa shape index (κ2) is 11.2. The Balaban J connectivity index is 3.24. The molecule has 22 heavy (non-hydrogen) atoms. The summed E-state index contributed by atoms with van der Waals surface area (Å²) in [7, 11) is -2.83. The van der Waals surface area contributed by atoms with Gasteiger partial charge in [-0.3, -0.25) is 0 Å². The molecule has 0 unspecified atom stereocenters. The molecule has 1 aromatic carbocycles. The van der Waals surface area contributed by atoms with E-state index in [2.05, 4.69) is 101 Å². The van der Waals surface area contributed by atoms with Gasteiger partial charge in [-0.25, -0.2) is 0 Å². The van der Waals surface area contributed by atoms with Crippen LogP contribution in [0.2, 0.25) is 0 Å². The molecule has 126 valence electrons. The molecule has 0 saturated heterocycles. The Morgan fingerprint density at radius 2 is 1.14 bits per heavy atom. The smallest absolute Gasteiger partial charge is 0.370 e. The van der Waals surface area contributed by atoms with E-state index in [-0.39, 0.29) is 0 Å². The van der Waals surface area contributed by atoms with Crippen LogP contribution in [0.4, 0.5) is 0 Å². The van der Waals surface area contributed by atoms with Gasteiger partial charge < -0.3 is 13.3 Å². The first-order chi connectivity index (χ1) is 10.5. The molecule has 0 radical (unpaired) electrons. The van der Waals surface area contributed by atoms with E-state index in [4.69, 9.17) is 13.3 Å². The van der Waals surface area contributed by atoms with Crippen molar-refractivity contribution in [3.05, 3.63) is 22.8 Å². The summed E-state index contributed by atoms with van der Waals surface area (Å²) in [6.07, 6.45) is 2.87. The van der Waals surface area contributed by atoms with Gasteiger partial charge in [-0.1, -0.05) is 20.8 Å². The van der Waals surface area contributed by atoms with Gasteiger partial charge in [0.15, 0.2) is 0 Å². The van der Waals surface area contributed by atoms with Crippen molar-refractivity contribution in [3.63, 3.8) is 0 Å². The molecule has 0 bridgehead atoms. The Morgan fingerprint density at radius 3 is 1.45 bits per heavy atom. The van der Waals surface area contributed by atoms with Crippen LogP contribution < -0.4 is 5.19 Å². The molecule has 0 N–H and O–H groups in total. The first kappa shape index (κ1) is 21.5.